The van der Waals surface area contributed by atoms with Gasteiger partial charge in [0.25, 0.3) is 0 Å². The average Bonchev–Trinajstić information content (AvgIpc) is 2.67. The number of anilines is 3. The van der Waals surface area contributed by atoms with Crippen LogP contribution in [0.4, 0.5) is 21.6 Å². The number of aryl methyl sites for hydroxylation is 1. The maximum atomic E-state index is 13.4. The summed E-state index contributed by atoms with van der Waals surface area (Å²) >= 11 is 5.87. The van der Waals surface area contributed by atoms with E-state index < -0.39 is 5.82 Å². The molecule has 0 radical (unpaired) electrons. The Morgan fingerprint density at radius 1 is 1.24 bits per heavy atom. The maximum Gasteiger partial charge on any atom is 0.248 e. The molecule has 8 heteroatoms. The second-order valence-corrected chi connectivity index (χ2v) is 7.17. The largest absolute Gasteiger partial charge is 0.340 e. The van der Waals surface area contributed by atoms with Crippen molar-refractivity contribution in [3.05, 3.63) is 65.2 Å². The third kappa shape index (κ3) is 5.07. The predicted octanol–water partition coefficient (Wildman–Crippen LogP) is 4.53. The van der Waals surface area contributed by atoms with Crippen LogP contribution in [0.15, 0.2) is 48.8 Å². The Morgan fingerprint density at radius 2 is 2.03 bits per heavy atom. The molecule has 2 aromatic carbocycles. The van der Waals surface area contributed by atoms with Crippen LogP contribution < -0.4 is 10.6 Å². The minimum atomic E-state index is -0.492. The first kappa shape index (κ1) is 20.7. The molecule has 0 unspecified atom stereocenters. The predicted molar refractivity (Wildman–Crippen MR) is 115 cm³/mol. The summed E-state index contributed by atoms with van der Waals surface area (Å²) < 4.78 is 13.4. The van der Waals surface area contributed by atoms with Gasteiger partial charge in [-0.25, -0.2) is 14.4 Å². The van der Waals surface area contributed by atoms with Gasteiger partial charge < -0.3 is 15.5 Å². The van der Waals surface area contributed by atoms with E-state index in [1.165, 1.54) is 24.5 Å². The lowest BCUT2D eigenvalue weighted by Gasteiger charge is -2.14. The van der Waals surface area contributed by atoms with Gasteiger partial charge in [-0.1, -0.05) is 17.7 Å². The Hall–Kier alpha value is -3.03. The van der Waals surface area contributed by atoms with Gasteiger partial charge in [0.05, 0.1) is 10.5 Å². The molecular formula is C21H21ClFN5O. The highest BCUT2D eigenvalue weighted by Crippen LogP contribution is 2.31. The smallest absolute Gasteiger partial charge is 0.248 e. The number of aromatic nitrogens is 2. The number of benzene rings is 2. The van der Waals surface area contributed by atoms with Crippen LogP contribution in [0.5, 0.6) is 0 Å². The zero-order valence-electron chi connectivity index (χ0n) is 16.3. The fourth-order valence-electron chi connectivity index (χ4n) is 2.80. The summed E-state index contributed by atoms with van der Waals surface area (Å²) in [6.07, 6.45) is 4.74. The number of nitrogens with zero attached hydrogens (tertiary/aromatic N) is 3. The molecule has 29 heavy (non-hydrogen) atoms. The van der Waals surface area contributed by atoms with Crippen LogP contribution in [0.3, 0.4) is 0 Å². The van der Waals surface area contributed by atoms with Crippen molar-refractivity contribution in [1.82, 2.24) is 14.9 Å². The number of likely N-dealkylation sites (N-methyl/N-ethyl adjacent to an activating group) is 1. The summed E-state index contributed by atoms with van der Waals surface area (Å²) in [5.41, 5.74) is 2.78. The van der Waals surface area contributed by atoms with Crippen molar-refractivity contribution in [2.45, 2.75) is 6.92 Å². The van der Waals surface area contributed by atoms with Crippen LogP contribution in [0.2, 0.25) is 5.02 Å². The number of halogens is 2. The van der Waals surface area contributed by atoms with Crippen molar-refractivity contribution in [3.8, 4) is 0 Å². The topological polar surface area (TPSA) is 70.2 Å². The Balaban J connectivity index is 1.92. The van der Waals surface area contributed by atoms with Crippen LogP contribution in [-0.2, 0) is 4.79 Å². The van der Waals surface area contributed by atoms with Crippen molar-refractivity contribution in [1.29, 1.82) is 0 Å². The van der Waals surface area contributed by atoms with Gasteiger partial charge in [-0.15, -0.1) is 0 Å². The Kier molecular flexibility index (Phi) is 6.41. The standard InChI is InChI=1S/C21H21ClFN5O/c1-13-17(27-19(29)5-4-10-28(2)3)8-9-18-20(13)21(25-12-24-18)26-14-6-7-16(23)15(22)11-14/h4-9,11-12H,10H2,1-3H3,(H,27,29)(H,24,25,26)/b5-4+. The highest BCUT2D eigenvalue weighted by molar-refractivity contribution is 6.31. The van der Waals surface area contributed by atoms with E-state index in [4.69, 9.17) is 11.6 Å². The zero-order valence-corrected chi connectivity index (χ0v) is 17.1. The molecule has 0 aliphatic rings. The molecule has 2 N–H and O–H groups in total. The monoisotopic (exact) mass is 413 g/mol. The van der Waals surface area contributed by atoms with E-state index in [1.54, 1.807) is 18.2 Å². The lowest BCUT2D eigenvalue weighted by atomic mass is 10.1. The molecule has 0 aliphatic carbocycles. The van der Waals surface area contributed by atoms with Crippen molar-refractivity contribution in [2.75, 3.05) is 31.3 Å². The molecule has 1 heterocycles. The number of carbonyl (C=O) groups is 1. The number of nitrogens with one attached hydrogen (secondary N) is 2. The SMILES string of the molecule is Cc1c(NC(=O)/C=C/CN(C)C)ccc2ncnc(Nc3ccc(F)c(Cl)c3)c12. The quantitative estimate of drug-likeness (QED) is 0.581. The maximum absolute atomic E-state index is 13.4. The molecule has 0 bridgehead atoms. The second kappa shape index (κ2) is 8.98. The molecule has 1 aromatic heterocycles. The summed E-state index contributed by atoms with van der Waals surface area (Å²) in [6.45, 7) is 2.56. The fourth-order valence-corrected chi connectivity index (χ4v) is 2.98. The number of carbonyl (C=O) groups excluding carboxylic acids is 1. The van der Waals surface area contributed by atoms with Crippen LogP contribution in [0.25, 0.3) is 10.9 Å². The number of fused-ring (bicyclic) bond motifs is 1. The molecule has 150 valence electrons. The molecule has 0 spiro atoms. The molecule has 0 fully saturated rings. The first-order valence-corrected chi connectivity index (χ1v) is 9.31. The van der Waals surface area contributed by atoms with E-state index >= 15 is 0 Å². The van der Waals surface area contributed by atoms with E-state index in [1.807, 2.05) is 32.0 Å². The normalized spacial score (nSPS) is 11.4. The van der Waals surface area contributed by atoms with Crippen molar-refractivity contribution < 1.29 is 9.18 Å². The second-order valence-electron chi connectivity index (χ2n) is 6.76. The van der Waals surface area contributed by atoms with Gasteiger partial charge in [-0.2, -0.15) is 0 Å². The average molecular weight is 414 g/mol. The highest BCUT2D eigenvalue weighted by atomic mass is 35.5. The van der Waals surface area contributed by atoms with Gasteiger partial charge in [0, 0.05) is 29.4 Å². The number of hydrogen-bond acceptors (Lipinski definition) is 5. The lowest BCUT2D eigenvalue weighted by Crippen LogP contribution is -2.13. The lowest BCUT2D eigenvalue weighted by molar-refractivity contribution is -0.111. The summed E-state index contributed by atoms with van der Waals surface area (Å²) in [7, 11) is 3.86. The highest BCUT2D eigenvalue weighted by Gasteiger charge is 2.12. The minimum absolute atomic E-state index is 0.0162. The van der Waals surface area contributed by atoms with Crippen LogP contribution in [0, 0.1) is 12.7 Å². The van der Waals surface area contributed by atoms with Crippen molar-refractivity contribution in [2.24, 2.45) is 0 Å². The molecule has 3 aromatic rings. The van der Waals surface area contributed by atoms with Crippen molar-refractivity contribution in [3.63, 3.8) is 0 Å². The van der Waals surface area contributed by atoms with Gasteiger partial charge >= 0.3 is 0 Å². The third-order valence-electron chi connectivity index (χ3n) is 4.24. The third-order valence-corrected chi connectivity index (χ3v) is 4.53. The minimum Gasteiger partial charge on any atom is -0.340 e. The number of amides is 1. The molecule has 0 atom stereocenters. The van der Waals surface area contributed by atoms with Crippen LogP contribution >= 0.6 is 11.6 Å². The molecule has 6 nitrogen and oxygen atoms in total. The summed E-state index contributed by atoms with van der Waals surface area (Å²) in [6, 6.07) is 7.96. The van der Waals surface area contributed by atoms with Gasteiger partial charge in [0.15, 0.2) is 0 Å². The van der Waals surface area contributed by atoms with E-state index in [2.05, 4.69) is 20.6 Å². The van der Waals surface area contributed by atoms with E-state index in [0.29, 0.717) is 29.3 Å². The van der Waals surface area contributed by atoms with Crippen LogP contribution in [0.1, 0.15) is 5.56 Å². The summed E-state index contributed by atoms with van der Waals surface area (Å²) in [5.74, 6) is -0.173. The van der Waals surface area contributed by atoms with Gasteiger partial charge in [-0.05, 0) is 56.9 Å². The molecule has 0 saturated heterocycles. The van der Waals surface area contributed by atoms with Gasteiger partial charge in [-0.3, -0.25) is 4.79 Å². The van der Waals surface area contributed by atoms with E-state index in [-0.39, 0.29) is 10.9 Å². The zero-order chi connectivity index (χ0) is 21.0. The molecule has 0 aliphatic heterocycles. The Bertz CT molecular complexity index is 1080. The van der Waals surface area contributed by atoms with E-state index in [0.717, 1.165) is 10.9 Å². The molecule has 1 amide bonds. The molecule has 0 saturated carbocycles. The summed E-state index contributed by atoms with van der Waals surface area (Å²) in [4.78, 5) is 22.8. The van der Waals surface area contributed by atoms with E-state index in [9.17, 15) is 9.18 Å². The first-order chi connectivity index (χ1) is 13.8. The van der Waals surface area contributed by atoms with Gasteiger partial charge in [0.1, 0.15) is 18.0 Å². The number of hydrogen-bond donors (Lipinski definition) is 2. The first-order valence-electron chi connectivity index (χ1n) is 8.94. The van der Waals surface area contributed by atoms with Crippen molar-refractivity contribution >= 4 is 45.6 Å². The van der Waals surface area contributed by atoms with Gasteiger partial charge in [0.2, 0.25) is 5.91 Å². The summed E-state index contributed by atoms with van der Waals surface area (Å²) in [5, 5.41) is 6.80. The Morgan fingerprint density at radius 3 is 2.76 bits per heavy atom. The number of rotatable bonds is 6. The molecule has 3 rings (SSSR count). The molecular weight excluding hydrogens is 393 g/mol. The fraction of sp³-hybridized carbons (Fsp3) is 0.190. The van der Waals surface area contributed by atoms with Crippen LogP contribution in [-0.4, -0.2) is 41.4 Å². The Labute approximate surface area is 173 Å².